The standard InChI is InChI=1S/C16H18N2O5S2/c1-11-15(14(23-17-11)5-4-13-3-2-10-24-13)25(21,22)18-8-6-12(7-9-18)16(19)20/h2-5,10,12H,6-9H2,1H3,(H,19,20)/p-1. The van der Waals surface area contributed by atoms with Gasteiger partial charge in [0, 0.05) is 29.9 Å². The fourth-order valence-corrected chi connectivity index (χ4v) is 5.14. The van der Waals surface area contributed by atoms with Crippen LogP contribution in [0.4, 0.5) is 0 Å². The molecule has 9 heteroatoms. The van der Waals surface area contributed by atoms with Gasteiger partial charge in [-0.05, 0) is 43.4 Å². The van der Waals surface area contributed by atoms with Crippen molar-refractivity contribution in [3.63, 3.8) is 0 Å². The summed E-state index contributed by atoms with van der Waals surface area (Å²) in [7, 11) is -3.80. The molecule has 0 aliphatic carbocycles. The van der Waals surface area contributed by atoms with Gasteiger partial charge in [0.2, 0.25) is 10.0 Å². The van der Waals surface area contributed by atoms with E-state index in [0.29, 0.717) is 0 Å². The smallest absolute Gasteiger partial charge is 0.248 e. The van der Waals surface area contributed by atoms with Gasteiger partial charge in [0.05, 0.1) is 0 Å². The van der Waals surface area contributed by atoms with Gasteiger partial charge in [0.1, 0.15) is 5.69 Å². The zero-order valence-corrected chi connectivity index (χ0v) is 15.2. The van der Waals surface area contributed by atoms with Crippen molar-refractivity contribution in [3.8, 4) is 0 Å². The highest BCUT2D eigenvalue weighted by Crippen LogP contribution is 2.29. The molecule has 2 aromatic heterocycles. The first-order valence-corrected chi connectivity index (χ1v) is 10.1. The van der Waals surface area contributed by atoms with Crippen LogP contribution in [0.3, 0.4) is 0 Å². The summed E-state index contributed by atoms with van der Waals surface area (Å²) in [6.45, 7) is 1.85. The Hall–Kier alpha value is -1.97. The van der Waals surface area contributed by atoms with Gasteiger partial charge in [0.15, 0.2) is 10.7 Å². The highest BCUT2D eigenvalue weighted by molar-refractivity contribution is 7.89. The van der Waals surface area contributed by atoms with E-state index in [1.54, 1.807) is 19.1 Å². The lowest BCUT2D eigenvalue weighted by atomic mass is 9.99. The number of aromatic nitrogens is 1. The van der Waals surface area contributed by atoms with Gasteiger partial charge in [-0.15, -0.1) is 11.3 Å². The normalized spacial score (nSPS) is 17.3. The lowest BCUT2D eigenvalue weighted by molar-refractivity contribution is -0.312. The van der Waals surface area contributed by atoms with Crippen LogP contribution in [0.2, 0.25) is 0 Å². The number of aliphatic carboxylic acids is 1. The van der Waals surface area contributed by atoms with Crippen LogP contribution in [-0.4, -0.2) is 36.9 Å². The Balaban J connectivity index is 1.85. The maximum atomic E-state index is 13.0. The first-order chi connectivity index (χ1) is 11.9. The fraction of sp³-hybridized carbons (Fsp3) is 0.375. The van der Waals surface area contributed by atoms with Crippen molar-refractivity contribution >= 4 is 39.5 Å². The minimum atomic E-state index is -3.80. The van der Waals surface area contributed by atoms with Crippen LogP contribution in [0.15, 0.2) is 26.9 Å². The molecule has 25 heavy (non-hydrogen) atoms. The molecule has 1 saturated heterocycles. The molecule has 2 aromatic rings. The Bertz CT molecular complexity index is 876. The van der Waals surface area contributed by atoms with E-state index >= 15 is 0 Å². The summed E-state index contributed by atoms with van der Waals surface area (Å²) in [5.41, 5.74) is 0.285. The predicted molar refractivity (Wildman–Crippen MR) is 91.0 cm³/mol. The molecule has 1 fully saturated rings. The van der Waals surface area contributed by atoms with Crippen molar-refractivity contribution < 1.29 is 22.8 Å². The predicted octanol–water partition coefficient (Wildman–Crippen LogP) is 1.37. The molecule has 0 saturated carbocycles. The molecule has 7 nitrogen and oxygen atoms in total. The number of piperidine rings is 1. The number of nitrogens with zero attached hydrogens (tertiary/aromatic N) is 2. The van der Waals surface area contributed by atoms with Crippen molar-refractivity contribution in [1.82, 2.24) is 9.46 Å². The van der Waals surface area contributed by atoms with Crippen LogP contribution in [0.5, 0.6) is 0 Å². The van der Waals surface area contributed by atoms with Gasteiger partial charge in [-0.3, -0.25) is 0 Å². The van der Waals surface area contributed by atoms with Gasteiger partial charge in [-0.2, -0.15) is 4.31 Å². The number of rotatable bonds is 5. The summed E-state index contributed by atoms with van der Waals surface area (Å²) < 4.78 is 32.4. The summed E-state index contributed by atoms with van der Waals surface area (Å²) in [4.78, 5) is 11.9. The molecular weight excluding hydrogens is 364 g/mol. The number of carbonyl (C=O) groups is 1. The largest absolute Gasteiger partial charge is 0.550 e. The quantitative estimate of drug-likeness (QED) is 0.775. The number of carbonyl (C=O) groups excluding carboxylic acids is 1. The molecular formula is C16H17N2O5S2-. The van der Waals surface area contributed by atoms with E-state index in [-0.39, 0.29) is 42.3 Å². The van der Waals surface area contributed by atoms with E-state index in [9.17, 15) is 18.3 Å². The molecule has 0 unspecified atom stereocenters. The Morgan fingerprint density at radius 3 is 2.72 bits per heavy atom. The monoisotopic (exact) mass is 381 g/mol. The third-order valence-corrected chi connectivity index (χ3v) is 7.06. The van der Waals surface area contributed by atoms with Crippen molar-refractivity contribution in [1.29, 1.82) is 0 Å². The minimum Gasteiger partial charge on any atom is -0.550 e. The SMILES string of the molecule is Cc1noc(C=Cc2cccs2)c1S(=O)(=O)N1CCC(C(=O)[O-])CC1. The lowest BCUT2D eigenvalue weighted by Crippen LogP contribution is -2.43. The first-order valence-electron chi connectivity index (χ1n) is 7.78. The fourth-order valence-electron chi connectivity index (χ4n) is 2.80. The second kappa shape index (κ2) is 7.11. The van der Waals surface area contributed by atoms with Crippen LogP contribution >= 0.6 is 11.3 Å². The van der Waals surface area contributed by atoms with Gasteiger partial charge >= 0.3 is 0 Å². The zero-order valence-electron chi connectivity index (χ0n) is 13.5. The van der Waals surface area contributed by atoms with Crippen molar-refractivity contribution in [2.45, 2.75) is 24.7 Å². The molecule has 3 heterocycles. The van der Waals surface area contributed by atoms with Gasteiger partial charge in [-0.25, -0.2) is 8.42 Å². The topological polar surface area (TPSA) is 104 Å². The van der Waals surface area contributed by atoms with Crippen LogP contribution in [-0.2, 0) is 14.8 Å². The molecule has 0 radical (unpaired) electrons. The van der Waals surface area contributed by atoms with Crippen LogP contribution in [0.1, 0.15) is 29.2 Å². The number of carboxylic acids is 1. The summed E-state index contributed by atoms with van der Waals surface area (Å²) in [5.74, 6) is -1.56. The Kier molecular flexibility index (Phi) is 5.07. The summed E-state index contributed by atoms with van der Waals surface area (Å²) in [5, 5.41) is 16.6. The number of sulfonamides is 1. The average molecular weight is 381 g/mol. The number of thiophene rings is 1. The molecule has 1 aliphatic heterocycles. The molecule has 0 spiro atoms. The second-order valence-electron chi connectivity index (χ2n) is 5.81. The number of hydrogen-bond acceptors (Lipinski definition) is 7. The van der Waals surface area contributed by atoms with E-state index in [1.165, 1.54) is 15.6 Å². The molecule has 0 amide bonds. The molecule has 0 atom stereocenters. The van der Waals surface area contributed by atoms with E-state index in [1.807, 2.05) is 17.5 Å². The van der Waals surface area contributed by atoms with Crippen LogP contribution in [0, 0.1) is 12.8 Å². The third kappa shape index (κ3) is 3.68. The van der Waals surface area contributed by atoms with Gasteiger partial charge < -0.3 is 14.4 Å². The van der Waals surface area contributed by atoms with Crippen molar-refractivity contribution in [2.24, 2.45) is 5.92 Å². The molecule has 0 aromatic carbocycles. The second-order valence-corrected chi connectivity index (χ2v) is 8.66. The minimum absolute atomic E-state index is 0.0345. The van der Waals surface area contributed by atoms with Gasteiger partial charge in [0.25, 0.3) is 0 Å². The molecule has 0 N–H and O–H groups in total. The Morgan fingerprint density at radius 2 is 2.12 bits per heavy atom. The molecule has 1 aliphatic rings. The zero-order chi connectivity index (χ0) is 18.0. The Labute approximate surface area is 149 Å². The average Bonchev–Trinajstić information content (AvgIpc) is 3.22. The lowest BCUT2D eigenvalue weighted by Gasteiger charge is -2.31. The summed E-state index contributed by atoms with van der Waals surface area (Å²) >= 11 is 1.52. The van der Waals surface area contributed by atoms with E-state index in [4.69, 9.17) is 4.52 Å². The number of aryl methyl sites for hydroxylation is 1. The molecule has 3 rings (SSSR count). The molecule has 0 bridgehead atoms. The third-order valence-electron chi connectivity index (χ3n) is 4.16. The van der Waals surface area contributed by atoms with Crippen LogP contribution < -0.4 is 5.11 Å². The van der Waals surface area contributed by atoms with Gasteiger partial charge in [-0.1, -0.05) is 11.2 Å². The highest BCUT2D eigenvalue weighted by atomic mass is 32.2. The van der Waals surface area contributed by atoms with Crippen LogP contribution in [0.25, 0.3) is 12.2 Å². The summed E-state index contributed by atoms with van der Waals surface area (Å²) in [6, 6.07) is 3.80. The summed E-state index contributed by atoms with van der Waals surface area (Å²) in [6.07, 6.45) is 3.84. The van der Waals surface area contributed by atoms with Crippen molar-refractivity contribution in [2.75, 3.05) is 13.1 Å². The Morgan fingerprint density at radius 1 is 1.40 bits per heavy atom. The van der Waals surface area contributed by atoms with Crippen molar-refractivity contribution in [3.05, 3.63) is 33.8 Å². The number of carboxylic acid groups (broad SMARTS) is 1. The van der Waals surface area contributed by atoms with E-state index in [2.05, 4.69) is 5.16 Å². The van der Waals surface area contributed by atoms with E-state index in [0.717, 1.165) is 4.88 Å². The number of hydrogen-bond donors (Lipinski definition) is 0. The highest BCUT2D eigenvalue weighted by Gasteiger charge is 2.34. The van der Waals surface area contributed by atoms with E-state index < -0.39 is 21.9 Å². The maximum Gasteiger partial charge on any atom is 0.248 e. The maximum absolute atomic E-state index is 13.0. The first kappa shape index (κ1) is 17.8. The molecule has 134 valence electrons.